The third-order valence-corrected chi connectivity index (χ3v) is 2.97. The van der Waals surface area contributed by atoms with Gasteiger partial charge in [0.25, 0.3) is 0 Å². The highest BCUT2D eigenvalue weighted by molar-refractivity contribution is 7.10. The van der Waals surface area contributed by atoms with E-state index in [1.54, 1.807) is 11.3 Å². The smallest absolute Gasteiger partial charge is 0.0887 e. The minimum Gasteiger partial charge on any atom is -0.388 e. The number of aliphatic hydroxyl groups is 1. The number of rotatable bonds is 4. The van der Waals surface area contributed by atoms with Crippen LogP contribution in [0.4, 0.5) is 0 Å². The molecule has 1 aromatic rings. The molecule has 0 aliphatic carbocycles. The molecule has 0 aliphatic heterocycles. The van der Waals surface area contributed by atoms with Crippen molar-refractivity contribution >= 4 is 11.3 Å². The monoisotopic (exact) mass is 182 g/mol. The van der Waals surface area contributed by atoms with E-state index in [2.05, 4.69) is 6.58 Å². The quantitative estimate of drug-likeness (QED) is 0.709. The average molecular weight is 182 g/mol. The van der Waals surface area contributed by atoms with Gasteiger partial charge in [0.1, 0.15) is 0 Å². The van der Waals surface area contributed by atoms with Gasteiger partial charge in [-0.05, 0) is 36.8 Å². The van der Waals surface area contributed by atoms with E-state index in [1.165, 1.54) is 5.56 Å². The third-order valence-electron chi connectivity index (χ3n) is 1.85. The largest absolute Gasteiger partial charge is 0.388 e. The Labute approximate surface area is 77.4 Å². The van der Waals surface area contributed by atoms with Crippen molar-refractivity contribution in [3.63, 3.8) is 0 Å². The summed E-state index contributed by atoms with van der Waals surface area (Å²) >= 11 is 1.62. The van der Waals surface area contributed by atoms with Crippen LogP contribution in [0.1, 0.15) is 29.4 Å². The van der Waals surface area contributed by atoms with Gasteiger partial charge in [-0.15, -0.1) is 17.9 Å². The zero-order chi connectivity index (χ0) is 8.97. The summed E-state index contributed by atoms with van der Waals surface area (Å²) in [5.41, 5.74) is 1.19. The maximum Gasteiger partial charge on any atom is 0.0887 e. The summed E-state index contributed by atoms with van der Waals surface area (Å²) in [5, 5.41) is 11.7. The highest BCUT2D eigenvalue weighted by Crippen LogP contribution is 2.26. The molecule has 1 heterocycles. The van der Waals surface area contributed by atoms with Crippen LogP contribution in [0.15, 0.2) is 24.1 Å². The first kappa shape index (κ1) is 9.49. The van der Waals surface area contributed by atoms with Gasteiger partial charge in [-0.1, -0.05) is 6.08 Å². The fourth-order valence-corrected chi connectivity index (χ4v) is 2.08. The topological polar surface area (TPSA) is 20.2 Å². The summed E-state index contributed by atoms with van der Waals surface area (Å²) < 4.78 is 0. The van der Waals surface area contributed by atoms with Gasteiger partial charge in [0.15, 0.2) is 0 Å². The van der Waals surface area contributed by atoms with Gasteiger partial charge in [-0.2, -0.15) is 0 Å². The van der Waals surface area contributed by atoms with Crippen molar-refractivity contribution in [3.05, 3.63) is 34.5 Å². The van der Waals surface area contributed by atoms with Crippen molar-refractivity contribution in [1.29, 1.82) is 0 Å². The Hall–Kier alpha value is -0.600. The summed E-state index contributed by atoms with van der Waals surface area (Å²) in [6, 6.07) is 2.04. The van der Waals surface area contributed by atoms with Crippen LogP contribution >= 0.6 is 11.3 Å². The molecule has 1 nitrogen and oxygen atoms in total. The SMILES string of the molecule is C=CCCC(O)c1sccc1C. The summed E-state index contributed by atoms with van der Waals surface area (Å²) in [6.07, 6.45) is 3.19. The second-order valence-electron chi connectivity index (χ2n) is 2.85. The Bertz CT molecular complexity index is 252. The lowest BCUT2D eigenvalue weighted by Crippen LogP contribution is -1.95. The van der Waals surface area contributed by atoms with Gasteiger partial charge in [0, 0.05) is 4.88 Å². The zero-order valence-electron chi connectivity index (χ0n) is 7.29. The molecule has 12 heavy (non-hydrogen) atoms. The Balaban J connectivity index is 2.58. The summed E-state index contributed by atoms with van der Waals surface area (Å²) in [4.78, 5) is 1.09. The van der Waals surface area contributed by atoms with Gasteiger partial charge >= 0.3 is 0 Å². The predicted octanol–water partition coefficient (Wildman–Crippen LogP) is 3.06. The minimum absolute atomic E-state index is 0.303. The molecule has 0 aromatic carbocycles. The zero-order valence-corrected chi connectivity index (χ0v) is 8.10. The van der Waals surface area contributed by atoms with Crippen molar-refractivity contribution < 1.29 is 5.11 Å². The lowest BCUT2D eigenvalue weighted by molar-refractivity contribution is 0.172. The van der Waals surface area contributed by atoms with Crippen LogP contribution in [0, 0.1) is 6.92 Å². The molecule has 1 aromatic heterocycles. The Morgan fingerprint density at radius 1 is 1.75 bits per heavy atom. The normalized spacial score (nSPS) is 12.8. The first-order valence-corrected chi connectivity index (χ1v) is 4.96. The van der Waals surface area contributed by atoms with Gasteiger partial charge in [0.2, 0.25) is 0 Å². The van der Waals surface area contributed by atoms with E-state index in [4.69, 9.17) is 0 Å². The molecule has 0 saturated heterocycles. The highest BCUT2D eigenvalue weighted by Gasteiger charge is 2.09. The van der Waals surface area contributed by atoms with E-state index < -0.39 is 0 Å². The van der Waals surface area contributed by atoms with Gasteiger partial charge in [-0.25, -0.2) is 0 Å². The van der Waals surface area contributed by atoms with Crippen LogP contribution in [0.5, 0.6) is 0 Å². The van der Waals surface area contributed by atoms with Crippen LogP contribution in [0.2, 0.25) is 0 Å². The number of thiophene rings is 1. The van der Waals surface area contributed by atoms with E-state index in [-0.39, 0.29) is 6.10 Å². The second-order valence-corrected chi connectivity index (χ2v) is 3.80. The first-order valence-electron chi connectivity index (χ1n) is 4.08. The molecular formula is C10H14OS. The molecule has 0 spiro atoms. The molecule has 1 unspecified atom stereocenters. The van der Waals surface area contributed by atoms with E-state index in [9.17, 15) is 5.11 Å². The van der Waals surface area contributed by atoms with Crippen molar-refractivity contribution in [2.45, 2.75) is 25.9 Å². The van der Waals surface area contributed by atoms with Crippen molar-refractivity contribution in [1.82, 2.24) is 0 Å². The number of hydrogen-bond acceptors (Lipinski definition) is 2. The molecule has 0 fully saturated rings. The third kappa shape index (κ3) is 2.19. The molecule has 2 heteroatoms. The Kier molecular flexibility index (Phi) is 3.50. The molecule has 0 radical (unpaired) electrons. The fraction of sp³-hybridized carbons (Fsp3) is 0.400. The Morgan fingerprint density at radius 3 is 3.00 bits per heavy atom. The van der Waals surface area contributed by atoms with E-state index in [1.807, 2.05) is 24.4 Å². The van der Waals surface area contributed by atoms with Crippen LogP contribution < -0.4 is 0 Å². The van der Waals surface area contributed by atoms with Gasteiger partial charge < -0.3 is 5.11 Å². The average Bonchev–Trinajstić information content (AvgIpc) is 2.47. The number of aryl methyl sites for hydroxylation is 1. The molecule has 1 N–H and O–H groups in total. The minimum atomic E-state index is -0.303. The number of aliphatic hydroxyl groups excluding tert-OH is 1. The molecule has 1 rings (SSSR count). The molecule has 1 atom stereocenters. The lowest BCUT2D eigenvalue weighted by atomic mass is 10.1. The number of allylic oxidation sites excluding steroid dienone is 1. The van der Waals surface area contributed by atoms with Crippen LogP contribution in [0.3, 0.4) is 0 Å². The van der Waals surface area contributed by atoms with E-state index >= 15 is 0 Å². The summed E-state index contributed by atoms with van der Waals surface area (Å²) in [7, 11) is 0. The maximum absolute atomic E-state index is 9.68. The van der Waals surface area contributed by atoms with Gasteiger partial charge in [0.05, 0.1) is 6.10 Å². The van der Waals surface area contributed by atoms with Crippen LogP contribution in [-0.4, -0.2) is 5.11 Å². The standard InChI is InChI=1S/C10H14OS/c1-3-4-5-9(11)10-8(2)6-7-12-10/h3,6-7,9,11H,1,4-5H2,2H3. The molecule has 66 valence electrons. The molecule has 0 bridgehead atoms. The van der Waals surface area contributed by atoms with Crippen molar-refractivity contribution in [2.75, 3.05) is 0 Å². The molecule has 0 amide bonds. The van der Waals surface area contributed by atoms with Gasteiger partial charge in [-0.3, -0.25) is 0 Å². The van der Waals surface area contributed by atoms with Crippen molar-refractivity contribution in [3.8, 4) is 0 Å². The van der Waals surface area contributed by atoms with Crippen LogP contribution in [-0.2, 0) is 0 Å². The van der Waals surface area contributed by atoms with Crippen LogP contribution in [0.25, 0.3) is 0 Å². The molecule has 0 aliphatic rings. The molecule has 0 saturated carbocycles. The van der Waals surface area contributed by atoms with Crippen molar-refractivity contribution in [2.24, 2.45) is 0 Å². The summed E-state index contributed by atoms with van der Waals surface area (Å²) in [6.45, 7) is 5.66. The number of hydrogen-bond donors (Lipinski definition) is 1. The first-order chi connectivity index (χ1) is 5.75. The Morgan fingerprint density at radius 2 is 2.50 bits per heavy atom. The summed E-state index contributed by atoms with van der Waals surface area (Å²) in [5.74, 6) is 0. The lowest BCUT2D eigenvalue weighted by Gasteiger charge is -2.07. The maximum atomic E-state index is 9.68. The molecular weight excluding hydrogens is 168 g/mol. The van der Waals surface area contributed by atoms with E-state index in [0.29, 0.717) is 0 Å². The second kappa shape index (κ2) is 4.43. The highest BCUT2D eigenvalue weighted by atomic mass is 32.1. The van der Waals surface area contributed by atoms with E-state index in [0.717, 1.165) is 17.7 Å². The predicted molar refractivity (Wildman–Crippen MR) is 53.4 cm³/mol. The fourth-order valence-electron chi connectivity index (χ4n) is 1.13.